The molecule has 0 radical (unpaired) electrons. The summed E-state index contributed by atoms with van der Waals surface area (Å²) in [6.45, 7) is 0. The molecule has 17 heavy (non-hydrogen) atoms. The van der Waals surface area contributed by atoms with Gasteiger partial charge in [-0.05, 0) is 31.0 Å². The Kier molecular flexibility index (Phi) is 3.23. The van der Waals surface area contributed by atoms with Crippen LogP contribution in [0.25, 0.3) is 0 Å². The molecule has 0 atom stereocenters. The van der Waals surface area contributed by atoms with Gasteiger partial charge in [0, 0.05) is 23.3 Å². The van der Waals surface area contributed by atoms with E-state index in [4.69, 9.17) is 0 Å². The zero-order valence-electron chi connectivity index (χ0n) is 8.73. The quantitative estimate of drug-likeness (QED) is 0.546. The molecule has 0 aromatic rings. The maximum absolute atomic E-state index is 11.2. The first kappa shape index (κ1) is 11.8. The van der Waals surface area contributed by atoms with Crippen LogP contribution in [-0.2, 0) is 23.9 Å². The average Bonchev–Trinajstić information content (AvgIpc) is 2.71. The number of ether oxygens (including phenoxy) is 1. The fourth-order valence-electron chi connectivity index (χ4n) is 1.59. The number of cyclic esters (lactones) is 2. The van der Waals surface area contributed by atoms with Crippen LogP contribution in [-0.4, -0.2) is 22.2 Å². The molecule has 6 heteroatoms. The second-order valence-electron chi connectivity index (χ2n) is 3.61. The Balaban J connectivity index is 1.85. The fourth-order valence-corrected chi connectivity index (χ4v) is 2.27. The normalized spacial score (nSPS) is 19.5. The Morgan fingerprint density at radius 3 is 2.24 bits per heavy atom. The number of thioether (sulfide) groups is 1. The molecular weight excluding hydrogens is 244 g/mol. The highest BCUT2D eigenvalue weighted by Gasteiger charge is 2.25. The van der Waals surface area contributed by atoms with Crippen LogP contribution >= 0.6 is 11.8 Å². The van der Waals surface area contributed by atoms with E-state index >= 15 is 0 Å². The summed E-state index contributed by atoms with van der Waals surface area (Å²) in [6, 6.07) is 0. The van der Waals surface area contributed by atoms with Crippen molar-refractivity contribution in [3.8, 4) is 0 Å². The number of carbonyl (C=O) groups is 4. The van der Waals surface area contributed by atoms with Gasteiger partial charge in [-0.25, -0.2) is 9.59 Å². The highest BCUT2D eigenvalue weighted by Crippen LogP contribution is 2.26. The van der Waals surface area contributed by atoms with E-state index in [2.05, 4.69) is 4.74 Å². The van der Waals surface area contributed by atoms with Crippen molar-refractivity contribution in [2.75, 3.05) is 0 Å². The van der Waals surface area contributed by atoms with E-state index in [0.29, 0.717) is 42.2 Å². The lowest BCUT2D eigenvalue weighted by molar-refractivity contribution is -0.150. The molecule has 0 N–H and O–H groups in total. The van der Waals surface area contributed by atoms with Crippen LogP contribution in [0.2, 0.25) is 0 Å². The van der Waals surface area contributed by atoms with Crippen molar-refractivity contribution in [1.29, 1.82) is 0 Å². The van der Waals surface area contributed by atoms with Crippen LogP contribution in [0.15, 0.2) is 23.3 Å². The molecule has 0 fully saturated rings. The molecule has 0 saturated heterocycles. The summed E-state index contributed by atoms with van der Waals surface area (Å²) in [5, 5.41) is -0.478. The van der Waals surface area contributed by atoms with Crippen molar-refractivity contribution in [3.63, 3.8) is 0 Å². The third kappa shape index (κ3) is 2.71. The Morgan fingerprint density at radius 1 is 1.00 bits per heavy atom. The molecule has 0 bridgehead atoms. The first-order chi connectivity index (χ1) is 8.06. The SMILES string of the molecule is O=C1C=C(CCCC2=CC(=O)SC2=O)C(=O)O1. The topological polar surface area (TPSA) is 77.5 Å². The molecule has 0 amide bonds. The molecule has 0 unspecified atom stereocenters. The van der Waals surface area contributed by atoms with Crippen LogP contribution in [0.5, 0.6) is 0 Å². The summed E-state index contributed by atoms with van der Waals surface area (Å²) in [7, 11) is 0. The van der Waals surface area contributed by atoms with Crippen molar-refractivity contribution in [3.05, 3.63) is 23.3 Å². The Morgan fingerprint density at radius 2 is 1.71 bits per heavy atom. The zero-order valence-corrected chi connectivity index (χ0v) is 9.54. The third-order valence-corrected chi connectivity index (χ3v) is 3.15. The lowest BCUT2D eigenvalue weighted by Gasteiger charge is -1.99. The van der Waals surface area contributed by atoms with Crippen molar-refractivity contribution in [1.82, 2.24) is 0 Å². The van der Waals surface area contributed by atoms with Crippen LogP contribution in [0.1, 0.15) is 19.3 Å². The predicted molar refractivity (Wildman–Crippen MR) is 58.7 cm³/mol. The molecule has 0 spiro atoms. The summed E-state index contributed by atoms with van der Waals surface area (Å²) in [5.41, 5.74) is 0.790. The zero-order chi connectivity index (χ0) is 12.4. The highest BCUT2D eigenvalue weighted by molar-refractivity contribution is 8.27. The Labute approximate surface area is 101 Å². The maximum Gasteiger partial charge on any atom is 0.342 e. The van der Waals surface area contributed by atoms with Gasteiger partial charge in [-0.15, -0.1) is 0 Å². The third-order valence-electron chi connectivity index (χ3n) is 2.39. The summed E-state index contributed by atoms with van der Waals surface area (Å²) in [6.07, 6.45) is 3.80. The maximum atomic E-state index is 11.2. The molecule has 2 rings (SSSR count). The molecule has 5 nitrogen and oxygen atoms in total. The van der Waals surface area contributed by atoms with Gasteiger partial charge in [0.25, 0.3) is 0 Å². The van der Waals surface area contributed by atoms with Crippen molar-refractivity contribution < 1.29 is 23.9 Å². The number of esters is 2. The van der Waals surface area contributed by atoms with Gasteiger partial charge < -0.3 is 4.74 Å². The number of rotatable bonds is 4. The minimum Gasteiger partial charge on any atom is -0.386 e. The number of hydrogen-bond donors (Lipinski definition) is 0. The second-order valence-corrected chi connectivity index (χ2v) is 4.59. The minimum atomic E-state index is -0.646. The van der Waals surface area contributed by atoms with Gasteiger partial charge in [0.2, 0.25) is 10.2 Å². The Bertz CT molecular complexity index is 442. The molecule has 2 aliphatic rings. The van der Waals surface area contributed by atoms with Crippen molar-refractivity contribution >= 4 is 33.9 Å². The fraction of sp³-hybridized carbons (Fsp3) is 0.273. The van der Waals surface area contributed by atoms with Gasteiger partial charge in [-0.1, -0.05) is 0 Å². The molecule has 2 aliphatic heterocycles. The smallest absolute Gasteiger partial charge is 0.342 e. The summed E-state index contributed by atoms with van der Waals surface area (Å²) >= 11 is 0.681. The molecule has 0 aromatic heterocycles. The molecule has 88 valence electrons. The van der Waals surface area contributed by atoms with Crippen LogP contribution in [0.4, 0.5) is 0 Å². The van der Waals surface area contributed by atoms with E-state index in [1.807, 2.05) is 0 Å². The molecule has 0 aromatic carbocycles. The average molecular weight is 252 g/mol. The van der Waals surface area contributed by atoms with Gasteiger partial charge in [0.15, 0.2) is 0 Å². The minimum absolute atomic E-state index is 0.228. The summed E-state index contributed by atoms with van der Waals surface area (Å²) < 4.78 is 4.32. The standard InChI is InChI=1S/C11H8O5S/c12-8-4-6(10(14)16-8)2-1-3-7-5-9(13)17-11(7)15/h4-5H,1-3H2. The lowest BCUT2D eigenvalue weighted by atomic mass is 10.1. The molecule has 0 saturated carbocycles. The lowest BCUT2D eigenvalue weighted by Crippen LogP contribution is -2.02. The van der Waals surface area contributed by atoms with E-state index < -0.39 is 11.9 Å². The van der Waals surface area contributed by atoms with Gasteiger partial charge in [0.05, 0.1) is 0 Å². The molecular formula is C11H8O5S. The number of carbonyl (C=O) groups excluding carboxylic acids is 4. The second kappa shape index (κ2) is 4.67. The van der Waals surface area contributed by atoms with Crippen LogP contribution < -0.4 is 0 Å². The van der Waals surface area contributed by atoms with Gasteiger partial charge in [-0.3, -0.25) is 9.59 Å². The van der Waals surface area contributed by atoms with Crippen LogP contribution in [0.3, 0.4) is 0 Å². The predicted octanol–water partition coefficient (Wildman–Crippen LogP) is 0.893. The highest BCUT2D eigenvalue weighted by atomic mass is 32.2. The molecule has 0 aliphatic carbocycles. The van der Waals surface area contributed by atoms with Crippen molar-refractivity contribution in [2.45, 2.75) is 19.3 Å². The summed E-state index contributed by atoms with van der Waals surface area (Å²) in [4.78, 5) is 44.0. The van der Waals surface area contributed by atoms with E-state index in [1.54, 1.807) is 0 Å². The number of hydrogen-bond acceptors (Lipinski definition) is 6. The largest absolute Gasteiger partial charge is 0.386 e. The van der Waals surface area contributed by atoms with E-state index in [1.165, 1.54) is 6.08 Å². The van der Waals surface area contributed by atoms with Gasteiger partial charge in [0.1, 0.15) is 0 Å². The first-order valence-corrected chi connectivity index (χ1v) is 5.81. The monoisotopic (exact) mass is 252 g/mol. The molecule has 2 heterocycles. The van der Waals surface area contributed by atoms with E-state index in [0.717, 1.165) is 6.08 Å². The van der Waals surface area contributed by atoms with Crippen LogP contribution in [0, 0.1) is 0 Å². The Hall–Kier alpha value is -1.69. The van der Waals surface area contributed by atoms with Gasteiger partial charge in [-0.2, -0.15) is 0 Å². The van der Waals surface area contributed by atoms with E-state index in [9.17, 15) is 19.2 Å². The first-order valence-electron chi connectivity index (χ1n) is 4.99. The van der Waals surface area contributed by atoms with Crippen molar-refractivity contribution in [2.24, 2.45) is 0 Å². The summed E-state index contributed by atoms with van der Waals surface area (Å²) in [5.74, 6) is -1.26. The van der Waals surface area contributed by atoms with E-state index in [-0.39, 0.29) is 10.2 Å². The van der Waals surface area contributed by atoms with Gasteiger partial charge >= 0.3 is 11.9 Å².